The van der Waals surface area contributed by atoms with Crippen molar-refractivity contribution >= 4 is 35.3 Å². The van der Waals surface area contributed by atoms with Crippen LogP contribution >= 0.6 is 11.6 Å². The monoisotopic (exact) mass is 443 g/mol. The third kappa shape index (κ3) is 6.35. The molecule has 0 bridgehead atoms. The Kier molecular flexibility index (Phi) is 7.29. The van der Waals surface area contributed by atoms with Gasteiger partial charge in [-0.2, -0.15) is 5.10 Å². The zero-order valence-corrected chi connectivity index (χ0v) is 16.7. The predicted molar refractivity (Wildman–Crippen MR) is 113 cm³/mol. The third-order valence-corrected chi connectivity index (χ3v) is 4.22. The Balaban J connectivity index is 1.53. The first-order valence-corrected chi connectivity index (χ1v) is 9.36. The summed E-state index contributed by atoms with van der Waals surface area (Å²) in [5.74, 6) is -1.95. The number of hydrogen-bond donors (Lipinski definition) is 2. The van der Waals surface area contributed by atoms with Crippen molar-refractivity contribution in [3.63, 3.8) is 0 Å². The van der Waals surface area contributed by atoms with Crippen LogP contribution in [0.15, 0.2) is 71.8 Å². The Bertz CT molecular complexity index is 1140. The van der Waals surface area contributed by atoms with Gasteiger partial charge in [-0.15, -0.1) is 0 Å². The van der Waals surface area contributed by atoms with Gasteiger partial charge in [-0.25, -0.2) is 14.2 Å². The molecular formula is C22H16ClF2N3O3. The summed E-state index contributed by atoms with van der Waals surface area (Å²) < 4.78 is 32.1. The first-order valence-electron chi connectivity index (χ1n) is 8.98. The van der Waals surface area contributed by atoms with Crippen molar-refractivity contribution in [3.05, 3.63) is 94.5 Å². The van der Waals surface area contributed by atoms with Gasteiger partial charge < -0.3 is 10.1 Å². The number of hydrogen-bond acceptors (Lipinski definition) is 4. The molecule has 0 fully saturated rings. The van der Waals surface area contributed by atoms with E-state index in [9.17, 15) is 18.4 Å². The number of hydrazone groups is 1. The zero-order chi connectivity index (χ0) is 22.2. The number of nitrogens with one attached hydrogen (secondary N) is 2. The average molecular weight is 444 g/mol. The Morgan fingerprint density at radius 3 is 2.58 bits per heavy atom. The summed E-state index contributed by atoms with van der Waals surface area (Å²) in [5, 5.41) is 6.41. The fraction of sp³-hybridized carbons (Fsp3) is 0.0455. The number of anilines is 1. The lowest BCUT2D eigenvalue weighted by Gasteiger charge is -2.09. The number of carbonyl (C=O) groups excluding carboxylic acids is 2. The van der Waals surface area contributed by atoms with Crippen molar-refractivity contribution in [2.24, 2.45) is 5.10 Å². The van der Waals surface area contributed by atoms with Gasteiger partial charge >= 0.3 is 0 Å². The molecule has 0 saturated heterocycles. The van der Waals surface area contributed by atoms with E-state index in [4.69, 9.17) is 16.3 Å². The maximum atomic E-state index is 13.6. The molecule has 0 saturated carbocycles. The quantitative estimate of drug-likeness (QED) is 0.419. The summed E-state index contributed by atoms with van der Waals surface area (Å²) >= 11 is 6.15. The lowest BCUT2D eigenvalue weighted by molar-refractivity contribution is -0.118. The highest BCUT2D eigenvalue weighted by Gasteiger charge is 2.09. The molecule has 2 amide bonds. The van der Waals surface area contributed by atoms with Crippen LogP contribution in [-0.2, 0) is 4.79 Å². The summed E-state index contributed by atoms with van der Waals surface area (Å²) in [6.07, 6.45) is 1.34. The highest BCUT2D eigenvalue weighted by molar-refractivity contribution is 6.32. The lowest BCUT2D eigenvalue weighted by Crippen LogP contribution is -2.20. The number of halogens is 3. The molecule has 6 nitrogen and oxygen atoms in total. The Morgan fingerprint density at radius 1 is 1.03 bits per heavy atom. The van der Waals surface area contributed by atoms with Crippen molar-refractivity contribution < 1.29 is 23.1 Å². The maximum absolute atomic E-state index is 13.6. The largest absolute Gasteiger partial charge is 0.482 e. The third-order valence-electron chi connectivity index (χ3n) is 3.93. The van der Waals surface area contributed by atoms with Crippen LogP contribution in [-0.4, -0.2) is 24.6 Å². The molecule has 0 aromatic heterocycles. The van der Waals surface area contributed by atoms with E-state index in [0.717, 1.165) is 6.07 Å². The van der Waals surface area contributed by atoms with Gasteiger partial charge in [0, 0.05) is 5.56 Å². The smallest absolute Gasteiger partial charge is 0.271 e. The molecule has 3 aromatic rings. The Hall–Kier alpha value is -3.78. The number of ether oxygens (including phenoxy) is 1. The molecule has 31 heavy (non-hydrogen) atoms. The van der Waals surface area contributed by atoms with Gasteiger partial charge in [0.25, 0.3) is 11.8 Å². The molecular weight excluding hydrogens is 428 g/mol. The molecule has 3 aromatic carbocycles. The van der Waals surface area contributed by atoms with Crippen LogP contribution in [0.1, 0.15) is 15.9 Å². The van der Waals surface area contributed by atoms with E-state index < -0.39 is 23.4 Å². The molecule has 0 aliphatic heterocycles. The van der Waals surface area contributed by atoms with E-state index in [1.54, 1.807) is 12.1 Å². The van der Waals surface area contributed by atoms with Gasteiger partial charge in [-0.3, -0.25) is 9.59 Å². The minimum absolute atomic E-state index is 0.0500. The van der Waals surface area contributed by atoms with Gasteiger partial charge in [0.2, 0.25) is 0 Å². The van der Waals surface area contributed by atoms with Gasteiger partial charge in [-0.05, 0) is 54.1 Å². The fourth-order valence-corrected chi connectivity index (χ4v) is 2.71. The van der Waals surface area contributed by atoms with Gasteiger partial charge in [0.05, 0.1) is 16.9 Å². The topological polar surface area (TPSA) is 79.8 Å². The number of rotatable bonds is 7. The van der Waals surface area contributed by atoms with E-state index in [0.29, 0.717) is 5.56 Å². The van der Waals surface area contributed by atoms with Gasteiger partial charge in [-0.1, -0.05) is 29.8 Å². The number of carbonyl (C=O) groups is 2. The van der Waals surface area contributed by atoms with Crippen molar-refractivity contribution in [1.82, 2.24) is 5.43 Å². The summed E-state index contributed by atoms with van der Waals surface area (Å²) in [6.45, 7) is -0.370. The molecule has 0 aliphatic carbocycles. The highest BCUT2D eigenvalue weighted by Crippen LogP contribution is 2.25. The molecule has 3 rings (SSSR count). The Morgan fingerprint density at radius 2 is 1.84 bits per heavy atom. The first-order chi connectivity index (χ1) is 14.9. The van der Waals surface area contributed by atoms with Crippen molar-refractivity contribution in [1.29, 1.82) is 0 Å². The highest BCUT2D eigenvalue weighted by atomic mass is 35.5. The number of benzene rings is 3. The second-order valence-electron chi connectivity index (χ2n) is 6.22. The number of nitrogens with zero attached hydrogens (tertiary/aromatic N) is 1. The fourth-order valence-electron chi connectivity index (χ4n) is 2.47. The molecule has 2 N–H and O–H groups in total. The van der Waals surface area contributed by atoms with Gasteiger partial charge in [0.15, 0.2) is 6.61 Å². The van der Waals surface area contributed by atoms with Crippen molar-refractivity contribution in [3.8, 4) is 5.75 Å². The van der Waals surface area contributed by atoms with E-state index in [1.807, 2.05) is 0 Å². The Labute approximate surface area is 181 Å². The van der Waals surface area contributed by atoms with E-state index >= 15 is 0 Å². The first kappa shape index (κ1) is 21.9. The normalized spacial score (nSPS) is 10.7. The number of para-hydroxylation sites is 1. The standard InChI is InChI=1S/C22H16ClF2N3O3/c23-17-10-14(12-26-28-22(30)15-4-3-5-16(24)11-15)8-9-20(17)31-13-21(29)27-19-7-2-1-6-18(19)25/h1-12H,13H2,(H,27,29)(H,28,30)/b26-12-. The van der Waals surface area contributed by atoms with Crippen molar-refractivity contribution in [2.45, 2.75) is 0 Å². The van der Waals surface area contributed by atoms with E-state index in [1.165, 1.54) is 54.7 Å². The minimum Gasteiger partial charge on any atom is -0.482 e. The van der Waals surface area contributed by atoms with Crippen molar-refractivity contribution in [2.75, 3.05) is 11.9 Å². The maximum Gasteiger partial charge on any atom is 0.271 e. The van der Waals surface area contributed by atoms with Crippen LogP contribution in [0.2, 0.25) is 5.02 Å². The SMILES string of the molecule is O=C(COc1ccc(/C=N\NC(=O)c2cccc(F)c2)cc1Cl)Nc1ccccc1F. The van der Waals surface area contributed by atoms with E-state index in [-0.39, 0.29) is 28.6 Å². The molecule has 0 heterocycles. The van der Waals surface area contributed by atoms with Crippen LogP contribution in [0.4, 0.5) is 14.5 Å². The average Bonchev–Trinajstić information content (AvgIpc) is 2.74. The molecule has 9 heteroatoms. The summed E-state index contributed by atoms with van der Waals surface area (Å²) in [6, 6.07) is 15.6. The molecule has 0 atom stereocenters. The summed E-state index contributed by atoms with van der Waals surface area (Å²) in [7, 11) is 0. The second-order valence-corrected chi connectivity index (χ2v) is 6.62. The molecule has 158 valence electrons. The molecule has 0 unspecified atom stereocenters. The summed E-state index contributed by atoms with van der Waals surface area (Å²) in [4.78, 5) is 23.8. The van der Waals surface area contributed by atoms with Crippen LogP contribution < -0.4 is 15.5 Å². The molecule has 0 radical (unpaired) electrons. The van der Waals surface area contributed by atoms with E-state index in [2.05, 4.69) is 15.8 Å². The van der Waals surface area contributed by atoms with Crippen LogP contribution in [0.3, 0.4) is 0 Å². The van der Waals surface area contributed by atoms with Crippen LogP contribution in [0, 0.1) is 11.6 Å². The number of amides is 2. The predicted octanol–water partition coefficient (Wildman–Crippen LogP) is 4.40. The second kappa shape index (κ2) is 10.3. The molecule has 0 spiro atoms. The zero-order valence-electron chi connectivity index (χ0n) is 15.9. The summed E-state index contributed by atoms with van der Waals surface area (Å²) in [5.41, 5.74) is 3.01. The lowest BCUT2D eigenvalue weighted by atomic mass is 10.2. The van der Waals surface area contributed by atoms with Gasteiger partial charge in [0.1, 0.15) is 17.4 Å². The molecule has 0 aliphatic rings. The van der Waals surface area contributed by atoms with Crippen LogP contribution in [0.25, 0.3) is 0 Å². The minimum atomic E-state index is -0.567. The van der Waals surface area contributed by atoms with Crippen LogP contribution in [0.5, 0.6) is 5.75 Å².